The first-order valence-electron chi connectivity index (χ1n) is 12.2. The van der Waals surface area contributed by atoms with Gasteiger partial charge in [-0.05, 0) is 51.8 Å². The van der Waals surface area contributed by atoms with E-state index in [9.17, 15) is 24.6 Å². The van der Waals surface area contributed by atoms with Gasteiger partial charge in [0.15, 0.2) is 6.10 Å². The Hall–Kier alpha value is -3.30. The molecule has 1 aliphatic heterocycles. The predicted molar refractivity (Wildman–Crippen MR) is 145 cm³/mol. The van der Waals surface area contributed by atoms with E-state index in [0.717, 1.165) is 5.56 Å². The van der Waals surface area contributed by atoms with Crippen LogP contribution in [0.25, 0.3) is 0 Å². The number of carbonyl (C=O) groups excluding carboxylic acids is 3. The number of rotatable bonds is 9. The first-order chi connectivity index (χ1) is 17.6. The van der Waals surface area contributed by atoms with Crippen LogP contribution in [0.3, 0.4) is 0 Å². The number of phenols is 1. The van der Waals surface area contributed by atoms with Crippen molar-refractivity contribution in [1.82, 2.24) is 15.5 Å². The van der Waals surface area contributed by atoms with Gasteiger partial charge in [0.1, 0.15) is 11.8 Å². The van der Waals surface area contributed by atoms with Crippen molar-refractivity contribution in [1.29, 1.82) is 0 Å². The number of carbonyl (C=O) groups is 3. The van der Waals surface area contributed by atoms with E-state index in [0.29, 0.717) is 12.1 Å². The SMILES string of the molecule is C/C=C\CNC(=O)[C@H]1N(C(=O)[C@@H](O)[C@H](Cc2ccccc2)NC(=O)c2cccc(O)c2C)CSC1(C)C. The molecular weight excluding hydrogens is 490 g/mol. The maximum atomic E-state index is 13.6. The Labute approximate surface area is 222 Å². The van der Waals surface area contributed by atoms with E-state index in [1.165, 1.54) is 22.7 Å². The lowest BCUT2D eigenvalue weighted by Gasteiger charge is -2.33. The minimum Gasteiger partial charge on any atom is -0.508 e. The van der Waals surface area contributed by atoms with Gasteiger partial charge < -0.3 is 25.7 Å². The van der Waals surface area contributed by atoms with Crippen molar-refractivity contribution in [3.05, 3.63) is 77.4 Å². The van der Waals surface area contributed by atoms with Gasteiger partial charge in [-0.1, -0.05) is 48.6 Å². The van der Waals surface area contributed by atoms with Gasteiger partial charge >= 0.3 is 0 Å². The molecule has 1 fully saturated rings. The first kappa shape index (κ1) is 28.3. The minimum atomic E-state index is -1.60. The Kier molecular flexibility index (Phi) is 9.39. The fourth-order valence-electron chi connectivity index (χ4n) is 4.35. The molecule has 1 heterocycles. The molecule has 1 aliphatic rings. The van der Waals surface area contributed by atoms with Gasteiger partial charge in [-0.25, -0.2) is 0 Å². The van der Waals surface area contributed by atoms with Gasteiger partial charge in [-0.15, -0.1) is 11.8 Å². The molecule has 3 atom stereocenters. The second-order valence-corrected chi connectivity index (χ2v) is 11.2. The van der Waals surface area contributed by atoms with Gasteiger partial charge in [0, 0.05) is 22.4 Å². The minimum absolute atomic E-state index is 0.0213. The van der Waals surface area contributed by atoms with Crippen molar-refractivity contribution in [2.24, 2.45) is 0 Å². The van der Waals surface area contributed by atoms with Crippen molar-refractivity contribution >= 4 is 29.5 Å². The van der Waals surface area contributed by atoms with Crippen molar-refractivity contribution in [3.63, 3.8) is 0 Å². The molecule has 9 heteroatoms. The number of thioether (sulfide) groups is 1. The number of aliphatic hydroxyl groups is 1. The van der Waals surface area contributed by atoms with E-state index in [1.807, 2.05) is 63.3 Å². The molecule has 0 spiro atoms. The lowest BCUT2D eigenvalue weighted by atomic mass is 9.96. The summed E-state index contributed by atoms with van der Waals surface area (Å²) in [6, 6.07) is 12.1. The van der Waals surface area contributed by atoms with Crippen LogP contribution in [0.4, 0.5) is 0 Å². The zero-order chi connectivity index (χ0) is 27.2. The normalized spacial score (nSPS) is 18.4. The summed E-state index contributed by atoms with van der Waals surface area (Å²) in [5, 5.41) is 27.0. The smallest absolute Gasteiger partial charge is 0.254 e. The maximum absolute atomic E-state index is 13.6. The summed E-state index contributed by atoms with van der Waals surface area (Å²) in [6.45, 7) is 7.61. The monoisotopic (exact) mass is 525 g/mol. The summed E-state index contributed by atoms with van der Waals surface area (Å²) in [7, 11) is 0. The number of nitrogens with zero attached hydrogens (tertiary/aromatic N) is 1. The quantitative estimate of drug-likeness (QED) is 0.374. The fraction of sp³-hybridized carbons (Fsp3) is 0.393. The number of benzene rings is 2. The average molecular weight is 526 g/mol. The summed E-state index contributed by atoms with van der Waals surface area (Å²) in [5.74, 6) is -1.22. The van der Waals surface area contributed by atoms with Gasteiger partial charge in [-0.3, -0.25) is 14.4 Å². The number of nitrogens with one attached hydrogen (secondary N) is 2. The number of aliphatic hydroxyl groups excluding tert-OH is 1. The molecule has 8 nitrogen and oxygen atoms in total. The van der Waals surface area contributed by atoms with Crippen LogP contribution in [0.2, 0.25) is 0 Å². The highest BCUT2D eigenvalue weighted by atomic mass is 32.2. The number of allylic oxidation sites excluding steroid dienone is 1. The third kappa shape index (κ3) is 6.72. The molecule has 0 bridgehead atoms. The largest absolute Gasteiger partial charge is 0.508 e. The Balaban J connectivity index is 1.87. The first-order valence-corrected chi connectivity index (χ1v) is 13.2. The molecule has 2 aromatic carbocycles. The molecule has 198 valence electrons. The summed E-state index contributed by atoms with van der Waals surface area (Å²) >= 11 is 1.46. The van der Waals surface area contributed by atoms with Crippen LogP contribution in [-0.2, 0) is 16.0 Å². The lowest BCUT2D eigenvalue weighted by molar-refractivity contribution is -0.147. The van der Waals surface area contributed by atoms with Crippen LogP contribution in [0.1, 0.15) is 42.3 Å². The summed E-state index contributed by atoms with van der Waals surface area (Å²) < 4.78 is -0.563. The predicted octanol–water partition coefficient (Wildman–Crippen LogP) is 2.78. The molecule has 4 N–H and O–H groups in total. The van der Waals surface area contributed by atoms with E-state index in [1.54, 1.807) is 19.1 Å². The van der Waals surface area contributed by atoms with Gasteiger partial charge in [-0.2, -0.15) is 0 Å². The van der Waals surface area contributed by atoms with E-state index in [-0.39, 0.29) is 29.5 Å². The summed E-state index contributed by atoms with van der Waals surface area (Å²) in [4.78, 5) is 41.2. The fourth-order valence-corrected chi connectivity index (χ4v) is 5.49. The maximum Gasteiger partial charge on any atom is 0.254 e. The summed E-state index contributed by atoms with van der Waals surface area (Å²) in [6.07, 6.45) is 2.23. The van der Waals surface area contributed by atoms with Crippen LogP contribution < -0.4 is 10.6 Å². The van der Waals surface area contributed by atoms with Crippen LogP contribution in [0, 0.1) is 6.92 Å². The van der Waals surface area contributed by atoms with E-state index < -0.39 is 34.7 Å². The van der Waals surface area contributed by atoms with Crippen molar-refractivity contribution in [2.45, 2.75) is 57.1 Å². The standard InChI is InChI=1S/C28H35N3O5S/c1-5-6-15-29-26(35)24-28(3,4)37-17-31(24)27(36)23(33)21(16-19-11-8-7-9-12-19)30-25(34)20-13-10-14-22(32)18(20)2/h5-14,21,23-24,32-33H,15-17H2,1-4H3,(H,29,35)(H,30,34)/b6-5-/t21-,23-,24+/m0/s1. The zero-order valence-corrected chi connectivity index (χ0v) is 22.4. The molecule has 0 aromatic heterocycles. The van der Waals surface area contributed by atoms with Gasteiger partial charge in [0.05, 0.1) is 11.9 Å². The van der Waals surface area contributed by atoms with Crippen LogP contribution in [0.15, 0.2) is 60.7 Å². The Morgan fingerprint density at radius 1 is 1.16 bits per heavy atom. The van der Waals surface area contributed by atoms with Gasteiger partial charge in [0.2, 0.25) is 5.91 Å². The number of amides is 3. The molecule has 0 unspecified atom stereocenters. The van der Waals surface area contributed by atoms with Crippen molar-refractivity contribution in [2.75, 3.05) is 12.4 Å². The second kappa shape index (κ2) is 12.3. The highest BCUT2D eigenvalue weighted by Gasteiger charge is 2.49. The third-order valence-corrected chi connectivity index (χ3v) is 7.88. The average Bonchev–Trinajstić information content (AvgIpc) is 3.19. The number of hydrogen-bond donors (Lipinski definition) is 4. The summed E-state index contributed by atoms with van der Waals surface area (Å²) in [5.41, 5.74) is 1.47. The Morgan fingerprint density at radius 2 is 1.86 bits per heavy atom. The molecule has 3 amide bonds. The van der Waals surface area contributed by atoms with Gasteiger partial charge in [0.25, 0.3) is 11.8 Å². The molecule has 2 aromatic rings. The van der Waals surface area contributed by atoms with Crippen LogP contribution in [0.5, 0.6) is 5.75 Å². The number of phenolic OH excluding ortho intramolecular Hbond substituents is 1. The van der Waals surface area contributed by atoms with E-state index in [4.69, 9.17) is 0 Å². The highest BCUT2D eigenvalue weighted by molar-refractivity contribution is 8.00. The highest BCUT2D eigenvalue weighted by Crippen LogP contribution is 2.39. The number of aromatic hydroxyl groups is 1. The van der Waals surface area contributed by atoms with Crippen LogP contribution >= 0.6 is 11.8 Å². The number of hydrogen-bond acceptors (Lipinski definition) is 6. The molecular formula is C28H35N3O5S. The van der Waals surface area contributed by atoms with Crippen molar-refractivity contribution < 1.29 is 24.6 Å². The van der Waals surface area contributed by atoms with E-state index in [2.05, 4.69) is 10.6 Å². The zero-order valence-electron chi connectivity index (χ0n) is 21.6. The van der Waals surface area contributed by atoms with Crippen molar-refractivity contribution in [3.8, 4) is 5.75 Å². The lowest BCUT2D eigenvalue weighted by Crippen LogP contribution is -2.58. The Morgan fingerprint density at radius 3 is 2.54 bits per heavy atom. The Bertz CT molecular complexity index is 1150. The molecule has 0 radical (unpaired) electrons. The van der Waals surface area contributed by atoms with Crippen LogP contribution in [-0.4, -0.2) is 68.2 Å². The van der Waals surface area contributed by atoms with E-state index >= 15 is 0 Å². The second-order valence-electron chi connectivity index (χ2n) is 9.57. The molecule has 37 heavy (non-hydrogen) atoms. The third-order valence-electron chi connectivity index (χ3n) is 6.51. The molecule has 0 aliphatic carbocycles. The molecule has 3 rings (SSSR count). The molecule has 0 saturated carbocycles. The molecule has 1 saturated heterocycles. The topological polar surface area (TPSA) is 119 Å².